The van der Waals surface area contributed by atoms with E-state index in [1.807, 2.05) is 58.0 Å². The molecule has 0 unspecified atom stereocenters. The zero-order valence-electron chi connectivity index (χ0n) is 17.9. The summed E-state index contributed by atoms with van der Waals surface area (Å²) in [5.41, 5.74) is 6.18. The molecule has 0 bridgehead atoms. The lowest BCUT2D eigenvalue weighted by molar-refractivity contribution is 0.415. The summed E-state index contributed by atoms with van der Waals surface area (Å²) < 4.78 is 5.32. The molecular formula is C25H26N2O3. The van der Waals surface area contributed by atoms with E-state index in [1.165, 1.54) is 0 Å². The molecule has 0 heterocycles. The molecule has 0 saturated heterocycles. The van der Waals surface area contributed by atoms with E-state index < -0.39 is 0 Å². The van der Waals surface area contributed by atoms with Crippen LogP contribution in [0.5, 0.6) is 17.2 Å². The molecule has 3 rings (SSSR count). The average Bonchev–Trinajstić information content (AvgIpc) is 2.71. The molecule has 154 valence electrons. The van der Waals surface area contributed by atoms with E-state index in [-0.39, 0.29) is 11.5 Å². The van der Waals surface area contributed by atoms with Gasteiger partial charge in [-0.2, -0.15) is 0 Å². The molecule has 5 nitrogen and oxygen atoms in total. The molecule has 0 aliphatic carbocycles. The number of ether oxygens (including phenoxy) is 1. The van der Waals surface area contributed by atoms with Crippen molar-refractivity contribution in [2.75, 3.05) is 7.11 Å². The highest BCUT2D eigenvalue weighted by molar-refractivity contribution is 5.90. The molecule has 0 spiro atoms. The van der Waals surface area contributed by atoms with Crippen LogP contribution in [0, 0.1) is 27.7 Å². The maximum Gasteiger partial charge on any atom is 0.127 e. The number of benzene rings is 3. The number of aliphatic imine (C=N–C) groups is 2. The maximum absolute atomic E-state index is 10.3. The lowest BCUT2D eigenvalue weighted by atomic mass is 10.1. The van der Waals surface area contributed by atoms with Gasteiger partial charge < -0.3 is 14.9 Å². The molecule has 3 aromatic carbocycles. The summed E-state index contributed by atoms with van der Waals surface area (Å²) in [6.07, 6.45) is 3.25. The zero-order chi connectivity index (χ0) is 21.8. The SMILES string of the molecule is COc1ccc(N=Cc2cc(C)cc(C)c2O)c(N=Cc2cc(C)cc(C)c2O)c1. The normalized spacial score (nSPS) is 11.5. The van der Waals surface area contributed by atoms with Crippen LogP contribution in [0.2, 0.25) is 0 Å². The molecule has 3 aromatic rings. The van der Waals surface area contributed by atoms with E-state index in [0.29, 0.717) is 28.3 Å². The Morgan fingerprint density at radius 3 is 1.70 bits per heavy atom. The second-order valence-electron chi connectivity index (χ2n) is 7.41. The van der Waals surface area contributed by atoms with Crippen molar-refractivity contribution in [2.45, 2.75) is 27.7 Å². The van der Waals surface area contributed by atoms with Gasteiger partial charge in [0.15, 0.2) is 0 Å². The van der Waals surface area contributed by atoms with Crippen molar-refractivity contribution in [2.24, 2.45) is 9.98 Å². The highest BCUT2D eigenvalue weighted by Gasteiger charge is 2.07. The van der Waals surface area contributed by atoms with Crippen LogP contribution >= 0.6 is 0 Å². The van der Waals surface area contributed by atoms with Crippen molar-refractivity contribution in [1.29, 1.82) is 0 Å². The molecule has 0 saturated carbocycles. The Morgan fingerprint density at radius 1 is 0.700 bits per heavy atom. The number of hydrogen-bond donors (Lipinski definition) is 2. The Kier molecular flexibility index (Phi) is 6.21. The van der Waals surface area contributed by atoms with Crippen LogP contribution in [0.25, 0.3) is 0 Å². The number of aromatic hydroxyl groups is 2. The first-order valence-electron chi connectivity index (χ1n) is 9.65. The summed E-state index contributed by atoms with van der Waals surface area (Å²) in [6.45, 7) is 7.67. The highest BCUT2D eigenvalue weighted by atomic mass is 16.5. The fraction of sp³-hybridized carbons (Fsp3) is 0.200. The largest absolute Gasteiger partial charge is 0.507 e. The van der Waals surface area contributed by atoms with Crippen molar-refractivity contribution in [1.82, 2.24) is 0 Å². The van der Waals surface area contributed by atoms with Crippen LogP contribution in [0.4, 0.5) is 11.4 Å². The Bertz CT molecular complexity index is 1150. The predicted molar refractivity (Wildman–Crippen MR) is 123 cm³/mol. The van der Waals surface area contributed by atoms with Gasteiger partial charge in [-0.3, -0.25) is 9.98 Å². The monoisotopic (exact) mass is 402 g/mol. The van der Waals surface area contributed by atoms with Gasteiger partial charge >= 0.3 is 0 Å². The lowest BCUT2D eigenvalue weighted by Crippen LogP contribution is -1.89. The smallest absolute Gasteiger partial charge is 0.127 e. The molecule has 0 aliphatic rings. The van der Waals surface area contributed by atoms with Gasteiger partial charge in [0.25, 0.3) is 0 Å². The summed E-state index contributed by atoms with van der Waals surface area (Å²) in [7, 11) is 1.59. The number of aryl methyl sites for hydroxylation is 4. The molecule has 0 fully saturated rings. The second kappa shape index (κ2) is 8.82. The van der Waals surface area contributed by atoms with Gasteiger partial charge in [0.05, 0.1) is 18.5 Å². The fourth-order valence-corrected chi connectivity index (χ4v) is 3.30. The van der Waals surface area contributed by atoms with E-state index in [0.717, 1.165) is 22.3 Å². The van der Waals surface area contributed by atoms with Crippen molar-refractivity contribution in [3.05, 3.63) is 75.8 Å². The second-order valence-corrected chi connectivity index (χ2v) is 7.41. The third kappa shape index (κ3) is 4.69. The number of rotatable bonds is 5. The van der Waals surface area contributed by atoms with E-state index in [4.69, 9.17) is 4.74 Å². The average molecular weight is 402 g/mol. The van der Waals surface area contributed by atoms with Gasteiger partial charge in [0.1, 0.15) is 17.2 Å². The minimum atomic E-state index is 0.206. The summed E-state index contributed by atoms with van der Waals surface area (Å²) in [5.74, 6) is 1.07. The van der Waals surface area contributed by atoms with E-state index in [9.17, 15) is 10.2 Å². The number of methoxy groups -OCH3 is 1. The summed E-state index contributed by atoms with van der Waals surface area (Å²) in [4.78, 5) is 9.10. The van der Waals surface area contributed by atoms with Crippen LogP contribution in [0.1, 0.15) is 33.4 Å². The number of phenols is 2. The first kappa shape index (κ1) is 21.1. The van der Waals surface area contributed by atoms with Crippen molar-refractivity contribution >= 4 is 23.8 Å². The molecule has 0 atom stereocenters. The Hall–Kier alpha value is -3.60. The molecular weight excluding hydrogens is 376 g/mol. The first-order chi connectivity index (χ1) is 14.3. The van der Waals surface area contributed by atoms with Gasteiger partial charge in [-0.25, -0.2) is 0 Å². The van der Waals surface area contributed by atoms with Crippen molar-refractivity contribution in [3.8, 4) is 17.2 Å². The Morgan fingerprint density at radius 2 is 1.20 bits per heavy atom. The van der Waals surface area contributed by atoms with Gasteiger partial charge in [0.2, 0.25) is 0 Å². The van der Waals surface area contributed by atoms with Gasteiger partial charge in [-0.1, -0.05) is 12.1 Å². The summed E-state index contributed by atoms with van der Waals surface area (Å²) in [6, 6.07) is 13.0. The molecule has 0 aliphatic heterocycles. The number of nitrogens with zero attached hydrogens (tertiary/aromatic N) is 2. The Balaban J connectivity index is 2.02. The third-order valence-electron chi connectivity index (χ3n) is 4.82. The van der Waals surface area contributed by atoms with Crippen LogP contribution in [0.3, 0.4) is 0 Å². The number of hydrogen-bond acceptors (Lipinski definition) is 5. The van der Waals surface area contributed by atoms with Crippen molar-refractivity contribution in [3.63, 3.8) is 0 Å². The third-order valence-corrected chi connectivity index (χ3v) is 4.82. The Labute approximate surface area is 177 Å². The van der Waals surface area contributed by atoms with E-state index in [1.54, 1.807) is 31.7 Å². The molecule has 30 heavy (non-hydrogen) atoms. The molecule has 0 aromatic heterocycles. The minimum Gasteiger partial charge on any atom is -0.507 e. The summed E-state index contributed by atoms with van der Waals surface area (Å²) in [5, 5.41) is 20.6. The van der Waals surface area contributed by atoms with Crippen LogP contribution < -0.4 is 4.74 Å². The van der Waals surface area contributed by atoms with E-state index >= 15 is 0 Å². The van der Waals surface area contributed by atoms with Gasteiger partial charge in [-0.05, 0) is 74.2 Å². The highest BCUT2D eigenvalue weighted by Crippen LogP contribution is 2.33. The standard InChI is InChI=1S/C25H26N2O3/c1-15-8-17(3)24(28)19(10-15)13-26-22-7-6-21(30-5)12-23(22)27-14-20-11-16(2)9-18(4)25(20)29/h6-14,28-29H,1-5H3. The molecule has 2 N–H and O–H groups in total. The lowest BCUT2D eigenvalue weighted by Gasteiger charge is -2.07. The quantitative estimate of drug-likeness (QED) is 0.526. The summed E-state index contributed by atoms with van der Waals surface area (Å²) >= 11 is 0. The first-order valence-corrected chi connectivity index (χ1v) is 9.65. The molecule has 0 radical (unpaired) electrons. The van der Waals surface area contributed by atoms with E-state index in [2.05, 4.69) is 9.98 Å². The van der Waals surface area contributed by atoms with Crippen LogP contribution in [-0.2, 0) is 0 Å². The minimum absolute atomic E-state index is 0.206. The fourth-order valence-electron chi connectivity index (χ4n) is 3.30. The molecule has 0 amide bonds. The number of phenolic OH excluding ortho intramolecular Hbond substituents is 2. The zero-order valence-corrected chi connectivity index (χ0v) is 17.9. The van der Waals surface area contributed by atoms with Gasteiger partial charge in [-0.15, -0.1) is 0 Å². The van der Waals surface area contributed by atoms with Crippen molar-refractivity contribution < 1.29 is 14.9 Å². The topological polar surface area (TPSA) is 74.4 Å². The predicted octanol–water partition coefficient (Wildman–Crippen LogP) is 5.84. The maximum atomic E-state index is 10.3. The van der Waals surface area contributed by atoms with Gasteiger partial charge in [0, 0.05) is 29.6 Å². The van der Waals surface area contributed by atoms with Crippen LogP contribution in [-0.4, -0.2) is 29.8 Å². The molecule has 5 heteroatoms. The van der Waals surface area contributed by atoms with Crippen LogP contribution in [0.15, 0.2) is 52.4 Å².